The van der Waals surface area contributed by atoms with Crippen LogP contribution in [0, 0.1) is 18.2 Å². The number of halogens is 2. The molecule has 0 radical (unpaired) electrons. The number of terminal acetylenes is 1. The maximum Gasteiger partial charge on any atom is 0.251 e. The first-order valence-electron chi connectivity index (χ1n) is 4.89. The van der Waals surface area contributed by atoms with Gasteiger partial charge in [-0.3, -0.25) is 4.79 Å². The van der Waals surface area contributed by atoms with Crippen LogP contribution in [0.15, 0.2) is 22.7 Å². The Bertz CT molecular complexity index is 445. The van der Waals surface area contributed by atoms with E-state index >= 15 is 0 Å². The average Bonchev–Trinajstić information content (AvgIpc) is 2.32. The summed E-state index contributed by atoms with van der Waals surface area (Å²) in [4.78, 5) is 11.6. The van der Waals surface area contributed by atoms with Gasteiger partial charge in [-0.05, 0) is 34.1 Å². The Hall–Kier alpha value is -0.990. The molecule has 5 heteroatoms. The largest absolute Gasteiger partial charge is 0.351 e. The molecular formula is C12H11BrFNOS. The van der Waals surface area contributed by atoms with Gasteiger partial charge in [0.25, 0.3) is 5.91 Å². The lowest BCUT2D eigenvalue weighted by atomic mass is 10.2. The summed E-state index contributed by atoms with van der Waals surface area (Å²) in [6.45, 7) is 0.542. The fraction of sp³-hybridized carbons (Fsp3) is 0.250. The summed E-state index contributed by atoms with van der Waals surface area (Å²) in [6.07, 6.45) is 5.09. The zero-order chi connectivity index (χ0) is 12.7. The minimum Gasteiger partial charge on any atom is -0.351 e. The highest BCUT2D eigenvalue weighted by molar-refractivity contribution is 9.10. The van der Waals surface area contributed by atoms with Crippen molar-refractivity contribution in [3.05, 3.63) is 34.1 Å². The zero-order valence-corrected chi connectivity index (χ0v) is 11.4. The topological polar surface area (TPSA) is 29.1 Å². The monoisotopic (exact) mass is 315 g/mol. The molecule has 1 amide bonds. The predicted octanol–water partition coefficient (Wildman–Crippen LogP) is 2.68. The highest BCUT2D eigenvalue weighted by Gasteiger charge is 2.07. The van der Waals surface area contributed by atoms with Crippen LogP contribution in [0.4, 0.5) is 4.39 Å². The lowest BCUT2D eigenvalue weighted by Gasteiger charge is -2.05. The molecule has 0 heterocycles. The summed E-state index contributed by atoms with van der Waals surface area (Å²) in [5.74, 6) is 3.30. The van der Waals surface area contributed by atoms with Gasteiger partial charge in [-0.2, -0.15) is 0 Å². The third kappa shape index (κ3) is 4.80. The van der Waals surface area contributed by atoms with Crippen molar-refractivity contribution in [2.24, 2.45) is 0 Å². The second-order valence-corrected chi connectivity index (χ2v) is 5.10. The van der Waals surface area contributed by atoms with Crippen molar-refractivity contribution in [1.82, 2.24) is 5.32 Å². The Labute approximate surface area is 112 Å². The van der Waals surface area contributed by atoms with Gasteiger partial charge in [-0.15, -0.1) is 18.2 Å². The van der Waals surface area contributed by atoms with Gasteiger partial charge in [0.15, 0.2) is 0 Å². The normalized spacial score (nSPS) is 9.71. The van der Waals surface area contributed by atoms with E-state index in [-0.39, 0.29) is 16.2 Å². The molecule has 0 atom stereocenters. The highest BCUT2D eigenvalue weighted by atomic mass is 79.9. The van der Waals surface area contributed by atoms with E-state index in [0.29, 0.717) is 17.9 Å². The molecule has 0 saturated carbocycles. The fourth-order valence-electron chi connectivity index (χ4n) is 1.11. The van der Waals surface area contributed by atoms with E-state index in [2.05, 4.69) is 27.2 Å². The first-order valence-corrected chi connectivity index (χ1v) is 6.84. The average molecular weight is 316 g/mol. The van der Waals surface area contributed by atoms with Crippen LogP contribution >= 0.6 is 27.7 Å². The number of hydrogen-bond donors (Lipinski definition) is 1. The maximum absolute atomic E-state index is 13.0. The van der Waals surface area contributed by atoms with Crippen LogP contribution in [0.3, 0.4) is 0 Å². The van der Waals surface area contributed by atoms with Gasteiger partial charge in [0.2, 0.25) is 0 Å². The Morgan fingerprint density at radius 2 is 2.35 bits per heavy atom. The van der Waals surface area contributed by atoms with Crippen molar-refractivity contribution in [2.75, 3.05) is 18.1 Å². The van der Waals surface area contributed by atoms with Gasteiger partial charge in [0, 0.05) is 17.9 Å². The number of nitrogens with one attached hydrogen (secondary N) is 1. The Kier molecular flexibility index (Phi) is 6.09. The lowest BCUT2D eigenvalue weighted by Crippen LogP contribution is -2.25. The number of hydrogen-bond acceptors (Lipinski definition) is 2. The third-order valence-corrected chi connectivity index (χ3v) is 3.37. The Balaban J connectivity index is 2.42. The Morgan fingerprint density at radius 3 is 3.00 bits per heavy atom. The fourth-order valence-corrected chi connectivity index (χ4v) is 1.99. The third-order valence-electron chi connectivity index (χ3n) is 1.90. The molecule has 0 aromatic heterocycles. The van der Waals surface area contributed by atoms with Crippen molar-refractivity contribution in [1.29, 1.82) is 0 Å². The first-order chi connectivity index (χ1) is 8.15. The molecule has 1 rings (SSSR count). The van der Waals surface area contributed by atoms with E-state index in [1.165, 1.54) is 18.2 Å². The van der Waals surface area contributed by atoms with E-state index < -0.39 is 0 Å². The molecule has 1 N–H and O–H groups in total. The highest BCUT2D eigenvalue weighted by Crippen LogP contribution is 2.16. The minimum atomic E-state index is -0.383. The number of amides is 1. The summed E-state index contributed by atoms with van der Waals surface area (Å²) in [5.41, 5.74) is 0.431. The van der Waals surface area contributed by atoms with Gasteiger partial charge in [0.1, 0.15) is 5.82 Å². The molecule has 2 nitrogen and oxygen atoms in total. The second-order valence-electron chi connectivity index (χ2n) is 3.14. The van der Waals surface area contributed by atoms with E-state index in [1.807, 2.05) is 0 Å². The van der Waals surface area contributed by atoms with Crippen molar-refractivity contribution in [3.8, 4) is 12.3 Å². The molecule has 1 aromatic carbocycles. The second kappa shape index (κ2) is 7.36. The number of carbonyl (C=O) groups excluding carboxylic acids is 1. The molecule has 0 aliphatic heterocycles. The smallest absolute Gasteiger partial charge is 0.251 e. The summed E-state index contributed by atoms with van der Waals surface area (Å²) in [7, 11) is 0. The lowest BCUT2D eigenvalue weighted by molar-refractivity contribution is 0.0956. The van der Waals surface area contributed by atoms with Gasteiger partial charge in [-0.1, -0.05) is 5.92 Å². The van der Waals surface area contributed by atoms with E-state index in [1.54, 1.807) is 11.8 Å². The van der Waals surface area contributed by atoms with Gasteiger partial charge in [0.05, 0.1) is 10.2 Å². The van der Waals surface area contributed by atoms with Crippen LogP contribution in [0.2, 0.25) is 0 Å². The molecular weight excluding hydrogens is 305 g/mol. The number of carbonyl (C=O) groups is 1. The molecule has 0 spiro atoms. The summed E-state index contributed by atoms with van der Waals surface area (Å²) < 4.78 is 13.2. The number of benzene rings is 1. The minimum absolute atomic E-state index is 0.216. The van der Waals surface area contributed by atoms with E-state index in [9.17, 15) is 9.18 Å². The molecule has 0 saturated heterocycles. The van der Waals surface area contributed by atoms with Gasteiger partial charge in [-0.25, -0.2) is 4.39 Å². The van der Waals surface area contributed by atoms with Crippen molar-refractivity contribution in [3.63, 3.8) is 0 Å². The number of rotatable bonds is 5. The predicted molar refractivity (Wildman–Crippen MR) is 72.6 cm³/mol. The van der Waals surface area contributed by atoms with Crippen molar-refractivity contribution >= 4 is 33.6 Å². The van der Waals surface area contributed by atoms with Crippen LogP contribution in [-0.2, 0) is 0 Å². The SMILES string of the molecule is C#CCSCCNC(=O)c1ccc(F)c(Br)c1. The molecule has 0 unspecified atom stereocenters. The summed E-state index contributed by atoms with van der Waals surface area (Å²) in [6, 6.07) is 4.16. The maximum atomic E-state index is 13.0. The first kappa shape index (κ1) is 14.1. The Morgan fingerprint density at radius 1 is 1.59 bits per heavy atom. The van der Waals surface area contributed by atoms with Gasteiger partial charge < -0.3 is 5.32 Å². The van der Waals surface area contributed by atoms with Crippen LogP contribution in [0.25, 0.3) is 0 Å². The van der Waals surface area contributed by atoms with E-state index in [0.717, 1.165) is 5.75 Å². The molecule has 0 aliphatic carbocycles. The summed E-state index contributed by atoms with van der Waals surface area (Å²) in [5, 5.41) is 2.73. The molecule has 17 heavy (non-hydrogen) atoms. The summed E-state index contributed by atoms with van der Waals surface area (Å²) >= 11 is 4.61. The van der Waals surface area contributed by atoms with Crippen molar-refractivity contribution in [2.45, 2.75) is 0 Å². The van der Waals surface area contributed by atoms with E-state index in [4.69, 9.17) is 6.42 Å². The quantitative estimate of drug-likeness (QED) is 0.668. The zero-order valence-electron chi connectivity index (χ0n) is 9.00. The van der Waals surface area contributed by atoms with Crippen LogP contribution in [0.5, 0.6) is 0 Å². The van der Waals surface area contributed by atoms with Crippen LogP contribution in [0.1, 0.15) is 10.4 Å². The van der Waals surface area contributed by atoms with Crippen molar-refractivity contribution < 1.29 is 9.18 Å². The molecule has 90 valence electrons. The van der Waals surface area contributed by atoms with Crippen LogP contribution < -0.4 is 5.32 Å². The van der Waals surface area contributed by atoms with Gasteiger partial charge >= 0.3 is 0 Å². The molecule has 0 bridgehead atoms. The van der Waals surface area contributed by atoms with Crippen LogP contribution in [-0.4, -0.2) is 24.0 Å². The standard InChI is InChI=1S/C12H11BrFNOS/c1-2-6-17-7-5-15-12(16)9-3-4-11(14)10(13)8-9/h1,3-4,8H,5-7H2,(H,15,16). The molecule has 1 aromatic rings. The number of thioether (sulfide) groups is 1. The molecule has 0 aliphatic rings. The molecule has 0 fully saturated rings.